The molecule has 1 aliphatic rings. The van der Waals surface area contributed by atoms with Crippen molar-refractivity contribution in [2.24, 2.45) is 0 Å². The predicted octanol–water partition coefficient (Wildman–Crippen LogP) is 2.39. The molecule has 1 atom stereocenters. The van der Waals surface area contributed by atoms with Gasteiger partial charge >= 0.3 is 5.97 Å². The lowest BCUT2D eigenvalue weighted by Gasteiger charge is -2.13. The highest BCUT2D eigenvalue weighted by Gasteiger charge is 2.29. The summed E-state index contributed by atoms with van der Waals surface area (Å²) in [5, 5.41) is 3.19. The van der Waals surface area contributed by atoms with Crippen LogP contribution in [0.3, 0.4) is 0 Å². The summed E-state index contributed by atoms with van der Waals surface area (Å²) in [7, 11) is -1.66. The Kier molecular flexibility index (Phi) is 7.40. The van der Waals surface area contributed by atoms with Crippen LogP contribution in [0.25, 0.3) is 0 Å². The van der Waals surface area contributed by atoms with Crippen molar-refractivity contribution in [3.05, 3.63) is 58.6 Å². The molecule has 1 saturated heterocycles. The van der Waals surface area contributed by atoms with Crippen molar-refractivity contribution in [2.45, 2.75) is 19.1 Å². The van der Waals surface area contributed by atoms with Gasteiger partial charge in [-0.2, -0.15) is 0 Å². The van der Waals surface area contributed by atoms with Gasteiger partial charge in [-0.1, -0.05) is 23.7 Å². The summed E-state index contributed by atoms with van der Waals surface area (Å²) in [6, 6.07) is 11.3. The highest BCUT2D eigenvalue weighted by Crippen LogP contribution is 2.29. The van der Waals surface area contributed by atoms with E-state index in [1.54, 1.807) is 18.2 Å². The van der Waals surface area contributed by atoms with Gasteiger partial charge in [0.1, 0.15) is 6.61 Å². The van der Waals surface area contributed by atoms with E-state index in [9.17, 15) is 18.0 Å². The van der Waals surface area contributed by atoms with Crippen LogP contribution in [0.2, 0.25) is 5.02 Å². The lowest BCUT2D eigenvalue weighted by molar-refractivity contribution is -0.124. The zero-order valence-electron chi connectivity index (χ0n) is 16.8. The fourth-order valence-electron chi connectivity index (χ4n) is 3.05. The minimum absolute atomic E-state index is 0.0456. The molecular formula is C21H22ClNO7S. The van der Waals surface area contributed by atoms with Crippen molar-refractivity contribution in [1.29, 1.82) is 0 Å². The second-order valence-corrected chi connectivity index (χ2v) is 9.69. The second-order valence-electron chi connectivity index (χ2n) is 7.02. The Morgan fingerprint density at radius 3 is 2.52 bits per heavy atom. The molecule has 10 heteroatoms. The van der Waals surface area contributed by atoms with E-state index in [1.807, 2.05) is 12.1 Å². The van der Waals surface area contributed by atoms with Crippen LogP contribution in [0.5, 0.6) is 11.5 Å². The number of rotatable bonds is 8. The molecule has 2 aromatic carbocycles. The van der Waals surface area contributed by atoms with E-state index < -0.39 is 34.4 Å². The Labute approximate surface area is 185 Å². The number of halogens is 1. The lowest BCUT2D eigenvalue weighted by atomic mass is 10.2. The summed E-state index contributed by atoms with van der Waals surface area (Å²) in [6.45, 7) is -0.221. The quantitative estimate of drug-likeness (QED) is 0.594. The number of esters is 1. The smallest absolute Gasteiger partial charge is 0.338 e. The summed E-state index contributed by atoms with van der Waals surface area (Å²) in [5.74, 6) is -0.536. The molecule has 0 radical (unpaired) electrons. The van der Waals surface area contributed by atoms with Crippen molar-refractivity contribution in [3.63, 3.8) is 0 Å². The molecule has 1 N–H and O–H groups in total. The van der Waals surface area contributed by atoms with Crippen molar-refractivity contribution < 1.29 is 32.2 Å². The zero-order valence-corrected chi connectivity index (χ0v) is 18.4. The molecule has 1 amide bonds. The first kappa shape index (κ1) is 22.9. The minimum atomic E-state index is -3.11. The predicted molar refractivity (Wildman–Crippen MR) is 114 cm³/mol. The van der Waals surface area contributed by atoms with E-state index >= 15 is 0 Å². The summed E-state index contributed by atoms with van der Waals surface area (Å²) in [4.78, 5) is 24.2. The Morgan fingerprint density at radius 1 is 1.13 bits per heavy atom. The molecule has 0 aromatic heterocycles. The third-order valence-electron chi connectivity index (χ3n) is 4.64. The van der Waals surface area contributed by atoms with E-state index in [4.69, 9.17) is 25.8 Å². The summed E-state index contributed by atoms with van der Waals surface area (Å²) < 4.78 is 38.9. The van der Waals surface area contributed by atoms with E-state index in [1.165, 1.54) is 19.2 Å². The monoisotopic (exact) mass is 467 g/mol. The van der Waals surface area contributed by atoms with Crippen molar-refractivity contribution in [1.82, 2.24) is 5.32 Å². The Hall–Kier alpha value is -2.78. The van der Waals surface area contributed by atoms with Gasteiger partial charge in [0.15, 0.2) is 27.9 Å². The number of carbonyl (C=O) groups excluding carboxylic acids is 2. The van der Waals surface area contributed by atoms with Crippen LogP contribution < -0.4 is 14.8 Å². The average Bonchev–Trinajstić information content (AvgIpc) is 3.09. The molecule has 31 heavy (non-hydrogen) atoms. The lowest BCUT2D eigenvalue weighted by Crippen LogP contribution is -2.38. The topological polar surface area (TPSA) is 108 Å². The third kappa shape index (κ3) is 6.60. The number of benzene rings is 2. The number of sulfone groups is 1. The molecule has 1 fully saturated rings. The van der Waals surface area contributed by atoms with Crippen molar-refractivity contribution in [2.75, 3.05) is 25.2 Å². The molecule has 0 bridgehead atoms. The van der Waals surface area contributed by atoms with Crippen LogP contribution in [0.1, 0.15) is 22.3 Å². The summed E-state index contributed by atoms with van der Waals surface area (Å²) >= 11 is 5.87. The first-order chi connectivity index (χ1) is 14.8. The second kappa shape index (κ2) is 10.0. The first-order valence-electron chi connectivity index (χ1n) is 9.48. The number of methoxy groups -OCH3 is 1. The number of nitrogens with one attached hydrogen (secondary N) is 1. The normalized spacial score (nSPS) is 17.0. The summed E-state index contributed by atoms with van der Waals surface area (Å²) in [6.07, 6.45) is 0.358. The maximum atomic E-state index is 12.3. The van der Waals surface area contributed by atoms with Crippen molar-refractivity contribution >= 4 is 33.3 Å². The maximum Gasteiger partial charge on any atom is 0.338 e. The van der Waals surface area contributed by atoms with Crippen LogP contribution in [0, 0.1) is 0 Å². The molecular weight excluding hydrogens is 446 g/mol. The van der Waals surface area contributed by atoms with Crippen LogP contribution in [-0.4, -0.2) is 51.6 Å². The van der Waals surface area contributed by atoms with E-state index in [0.717, 1.165) is 5.56 Å². The fourth-order valence-corrected chi connectivity index (χ4v) is 4.85. The van der Waals surface area contributed by atoms with E-state index in [0.29, 0.717) is 22.9 Å². The standard InChI is InChI=1S/C21H22ClNO7S/c1-28-19-10-15(4-7-18(19)29-11-14-2-5-16(22)6-3-14)21(25)30-12-20(24)23-17-8-9-31(26,27)13-17/h2-7,10,17H,8-9,11-13H2,1H3,(H,23,24). The van der Waals surface area contributed by atoms with E-state index in [2.05, 4.69) is 5.32 Å². The Balaban J connectivity index is 1.53. The first-order valence-corrected chi connectivity index (χ1v) is 11.7. The summed E-state index contributed by atoms with van der Waals surface area (Å²) in [5.41, 5.74) is 1.10. The number of ether oxygens (including phenoxy) is 3. The molecule has 1 heterocycles. The number of carbonyl (C=O) groups is 2. The van der Waals surface area contributed by atoms with Gasteiger partial charge in [0.25, 0.3) is 5.91 Å². The SMILES string of the molecule is COc1cc(C(=O)OCC(=O)NC2CCS(=O)(=O)C2)ccc1OCc1ccc(Cl)cc1. The molecule has 2 aromatic rings. The Morgan fingerprint density at radius 2 is 1.87 bits per heavy atom. The highest BCUT2D eigenvalue weighted by atomic mass is 35.5. The van der Waals surface area contributed by atoms with Gasteiger partial charge in [0.2, 0.25) is 0 Å². The van der Waals surface area contributed by atoms with Gasteiger partial charge < -0.3 is 19.5 Å². The number of hydrogen-bond donors (Lipinski definition) is 1. The third-order valence-corrected chi connectivity index (χ3v) is 6.66. The van der Waals surface area contributed by atoms with E-state index in [-0.39, 0.29) is 23.7 Å². The molecule has 0 spiro atoms. The largest absolute Gasteiger partial charge is 0.493 e. The van der Waals surface area contributed by atoms with Crippen LogP contribution in [0.15, 0.2) is 42.5 Å². The fraction of sp³-hybridized carbons (Fsp3) is 0.333. The van der Waals surface area contributed by atoms with Crippen LogP contribution in [-0.2, 0) is 26.0 Å². The molecule has 1 aliphatic heterocycles. The molecule has 3 rings (SSSR count). The van der Waals surface area contributed by atoms with Crippen molar-refractivity contribution in [3.8, 4) is 11.5 Å². The number of amides is 1. The maximum absolute atomic E-state index is 12.3. The van der Waals surface area contributed by atoms with Gasteiger partial charge in [0, 0.05) is 11.1 Å². The molecule has 0 saturated carbocycles. The van der Waals surface area contributed by atoms with Gasteiger partial charge in [-0.3, -0.25) is 4.79 Å². The molecule has 1 unspecified atom stereocenters. The molecule has 0 aliphatic carbocycles. The van der Waals surface area contributed by atoms with Gasteiger partial charge in [-0.25, -0.2) is 13.2 Å². The minimum Gasteiger partial charge on any atom is -0.493 e. The number of hydrogen-bond acceptors (Lipinski definition) is 7. The highest BCUT2D eigenvalue weighted by molar-refractivity contribution is 7.91. The van der Waals surface area contributed by atoms with Gasteiger partial charge in [-0.15, -0.1) is 0 Å². The van der Waals surface area contributed by atoms with Crippen LogP contribution >= 0.6 is 11.6 Å². The van der Waals surface area contributed by atoms with Gasteiger partial charge in [-0.05, 0) is 42.3 Å². The molecule has 8 nitrogen and oxygen atoms in total. The Bertz CT molecular complexity index is 1050. The average molecular weight is 468 g/mol. The van der Waals surface area contributed by atoms with Gasteiger partial charge in [0.05, 0.1) is 24.2 Å². The zero-order chi connectivity index (χ0) is 22.4. The molecule has 166 valence electrons. The van der Waals surface area contributed by atoms with Crippen LogP contribution in [0.4, 0.5) is 0 Å².